The molecule has 2 atom stereocenters. The summed E-state index contributed by atoms with van der Waals surface area (Å²) in [5, 5.41) is 4.33. The van der Waals surface area contributed by atoms with E-state index in [9.17, 15) is 9.59 Å². The minimum Gasteiger partial charge on any atom is -0.489 e. The predicted molar refractivity (Wildman–Crippen MR) is 155 cm³/mol. The highest BCUT2D eigenvalue weighted by Gasteiger charge is 2.43. The van der Waals surface area contributed by atoms with Gasteiger partial charge in [-0.05, 0) is 46.7 Å². The van der Waals surface area contributed by atoms with Gasteiger partial charge < -0.3 is 15.0 Å². The summed E-state index contributed by atoms with van der Waals surface area (Å²) in [6.45, 7) is 5.41. The van der Waals surface area contributed by atoms with Gasteiger partial charge in [0.1, 0.15) is 24.4 Å². The third-order valence-corrected chi connectivity index (χ3v) is 9.12. The summed E-state index contributed by atoms with van der Waals surface area (Å²) in [5.41, 5.74) is 3.47. The molecular weight excluding hydrogens is 506 g/mol. The van der Waals surface area contributed by atoms with E-state index >= 15 is 0 Å². The molecule has 3 aromatic carbocycles. The van der Waals surface area contributed by atoms with Crippen LogP contribution >= 0.6 is 11.3 Å². The number of amides is 2. The van der Waals surface area contributed by atoms with Crippen LogP contribution in [0.4, 0.5) is 0 Å². The summed E-state index contributed by atoms with van der Waals surface area (Å²) in [6.07, 6.45) is 1.47. The summed E-state index contributed by atoms with van der Waals surface area (Å²) >= 11 is 1.86. The van der Waals surface area contributed by atoms with E-state index in [1.165, 1.54) is 20.5 Å². The fraction of sp³-hybridized carbons (Fsp3) is 0.312. The first kappa shape index (κ1) is 25.6. The van der Waals surface area contributed by atoms with E-state index in [2.05, 4.69) is 41.4 Å². The second-order valence-electron chi connectivity index (χ2n) is 10.3. The molecule has 0 saturated carbocycles. The van der Waals surface area contributed by atoms with Crippen LogP contribution in [0.3, 0.4) is 0 Å². The number of fused-ring (bicyclic) bond motifs is 2. The van der Waals surface area contributed by atoms with Crippen molar-refractivity contribution >= 4 is 33.2 Å². The molecule has 200 valence electrons. The monoisotopic (exact) mass is 539 g/mol. The minimum absolute atomic E-state index is 0.0129. The number of hydrogen-bond acceptors (Lipinski definition) is 5. The molecule has 2 amide bonds. The molecule has 39 heavy (non-hydrogen) atoms. The molecule has 0 radical (unpaired) electrons. The molecule has 7 heteroatoms. The van der Waals surface area contributed by atoms with Crippen molar-refractivity contribution in [2.75, 3.05) is 19.6 Å². The molecular formula is C32H33N3O3S. The molecule has 2 saturated heterocycles. The molecule has 0 bridgehead atoms. The largest absolute Gasteiger partial charge is 0.489 e. The lowest BCUT2D eigenvalue weighted by molar-refractivity contribution is -0.153. The molecule has 2 aliphatic rings. The van der Waals surface area contributed by atoms with Gasteiger partial charge in [0.05, 0.1) is 0 Å². The number of benzene rings is 3. The summed E-state index contributed by atoms with van der Waals surface area (Å²) in [4.78, 5) is 32.1. The Bertz CT molecular complexity index is 1470. The van der Waals surface area contributed by atoms with Crippen molar-refractivity contribution in [3.8, 4) is 5.75 Å². The molecule has 4 aromatic rings. The molecule has 1 aromatic heterocycles. The maximum atomic E-state index is 13.4. The summed E-state index contributed by atoms with van der Waals surface area (Å²) < 4.78 is 7.19. The molecule has 0 spiro atoms. The van der Waals surface area contributed by atoms with Crippen molar-refractivity contribution in [2.45, 2.75) is 45.0 Å². The molecule has 0 aliphatic carbocycles. The average molecular weight is 540 g/mol. The lowest BCUT2D eigenvalue weighted by Crippen LogP contribution is -2.69. The summed E-state index contributed by atoms with van der Waals surface area (Å²) in [6, 6.07) is 25.4. The zero-order chi connectivity index (χ0) is 26.8. The molecule has 6 nitrogen and oxygen atoms in total. The number of carbonyl (C=O) groups is 2. The van der Waals surface area contributed by atoms with E-state index in [4.69, 9.17) is 4.74 Å². The SMILES string of the molecule is CCc1sc2ccccc2c1CN1CCN2C(=O)C(Cc3ccc(OCc4ccccc4)cc3)NC(=O)C2C1. The Hall–Kier alpha value is -3.68. The van der Waals surface area contributed by atoms with E-state index in [1.54, 1.807) is 4.90 Å². The Kier molecular flexibility index (Phi) is 7.35. The first-order chi connectivity index (χ1) is 19.1. The average Bonchev–Trinajstić information content (AvgIpc) is 3.33. The van der Waals surface area contributed by atoms with Crippen molar-refractivity contribution in [3.63, 3.8) is 0 Å². The van der Waals surface area contributed by atoms with Crippen molar-refractivity contribution in [3.05, 3.63) is 100 Å². The van der Waals surface area contributed by atoms with Crippen molar-refractivity contribution in [1.82, 2.24) is 15.1 Å². The first-order valence-corrected chi connectivity index (χ1v) is 14.5. The molecule has 6 rings (SSSR count). The van der Waals surface area contributed by atoms with Crippen LogP contribution in [0.2, 0.25) is 0 Å². The van der Waals surface area contributed by atoms with Gasteiger partial charge >= 0.3 is 0 Å². The van der Waals surface area contributed by atoms with Gasteiger partial charge in [-0.15, -0.1) is 11.3 Å². The molecule has 3 heterocycles. The maximum absolute atomic E-state index is 13.4. The number of nitrogens with one attached hydrogen (secondary N) is 1. The van der Waals surface area contributed by atoms with Gasteiger partial charge in [-0.3, -0.25) is 14.5 Å². The fourth-order valence-corrected chi connectivity index (χ4v) is 6.83. The predicted octanol–water partition coefficient (Wildman–Crippen LogP) is 4.80. The van der Waals surface area contributed by atoms with Crippen LogP contribution in [-0.4, -0.2) is 53.3 Å². The highest BCUT2D eigenvalue weighted by molar-refractivity contribution is 7.19. The third-order valence-electron chi connectivity index (χ3n) is 7.76. The summed E-state index contributed by atoms with van der Waals surface area (Å²) in [5.74, 6) is 0.735. The lowest BCUT2D eigenvalue weighted by atomic mass is 9.98. The van der Waals surface area contributed by atoms with Gasteiger partial charge in [-0.1, -0.05) is 67.6 Å². The Morgan fingerprint density at radius 2 is 1.69 bits per heavy atom. The van der Waals surface area contributed by atoms with Gasteiger partial charge in [0.15, 0.2) is 0 Å². The fourth-order valence-electron chi connectivity index (χ4n) is 5.67. The standard InChI is InChI=1S/C32H33N3O3S/c1-2-29-26(25-10-6-7-11-30(25)39-29)19-34-16-17-35-28(20-34)31(36)33-27(32(35)37)18-22-12-14-24(15-13-22)38-21-23-8-4-3-5-9-23/h3-15,27-28H,2,16-21H2,1H3,(H,33,36). The number of nitrogens with zero attached hydrogens (tertiary/aromatic N) is 2. The highest BCUT2D eigenvalue weighted by Crippen LogP contribution is 2.33. The van der Waals surface area contributed by atoms with Crippen molar-refractivity contribution in [2.24, 2.45) is 0 Å². The number of hydrogen-bond donors (Lipinski definition) is 1. The highest BCUT2D eigenvalue weighted by atomic mass is 32.1. The van der Waals surface area contributed by atoms with Crippen LogP contribution in [0, 0.1) is 0 Å². The molecule has 1 N–H and O–H groups in total. The van der Waals surface area contributed by atoms with Crippen LogP contribution in [0.5, 0.6) is 5.75 Å². The first-order valence-electron chi connectivity index (χ1n) is 13.7. The van der Waals surface area contributed by atoms with Crippen molar-refractivity contribution < 1.29 is 14.3 Å². The Balaban J connectivity index is 1.07. The third kappa shape index (κ3) is 5.42. The topological polar surface area (TPSA) is 61.9 Å². The smallest absolute Gasteiger partial charge is 0.246 e. The van der Waals surface area contributed by atoms with E-state index in [1.807, 2.05) is 65.9 Å². The number of rotatable bonds is 8. The summed E-state index contributed by atoms with van der Waals surface area (Å²) in [7, 11) is 0. The van der Waals surface area contributed by atoms with Crippen molar-refractivity contribution in [1.29, 1.82) is 0 Å². The Labute approximate surface area is 233 Å². The zero-order valence-electron chi connectivity index (χ0n) is 22.1. The second-order valence-corrected chi connectivity index (χ2v) is 11.5. The number of ether oxygens (including phenoxy) is 1. The van der Waals surface area contributed by atoms with Crippen LogP contribution in [0.1, 0.15) is 28.5 Å². The number of thiophene rings is 1. The normalized spacial score (nSPS) is 19.7. The van der Waals surface area contributed by atoms with E-state index < -0.39 is 12.1 Å². The maximum Gasteiger partial charge on any atom is 0.246 e. The van der Waals surface area contributed by atoms with Gasteiger partial charge in [0, 0.05) is 42.2 Å². The number of aryl methyl sites for hydroxylation is 1. The van der Waals surface area contributed by atoms with Gasteiger partial charge in [0.2, 0.25) is 11.8 Å². The van der Waals surface area contributed by atoms with Gasteiger partial charge in [-0.25, -0.2) is 0 Å². The quantitative estimate of drug-likeness (QED) is 0.350. The van der Waals surface area contributed by atoms with E-state index in [0.717, 1.165) is 36.4 Å². The van der Waals surface area contributed by atoms with E-state index in [-0.39, 0.29) is 11.8 Å². The number of carbonyl (C=O) groups excluding carboxylic acids is 2. The van der Waals surface area contributed by atoms with Crippen LogP contribution in [0.25, 0.3) is 10.1 Å². The van der Waals surface area contributed by atoms with Gasteiger partial charge in [-0.2, -0.15) is 0 Å². The number of piperazine rings is 2. The van der Waals surface area contributed by atoms with Crippen LogP contribution in [0.15, 0.2) is 78.9 Å². The lowest BCUT2D eigenvalue weighted by Gasteiger charge is -2.45. The minimum atomic E-state index is -0.538. The van der Waals surface area contributed by atoms with Crippen LogP contribution in [-0.2, 0) is 35.6 Å². The molecule has 2 unspecified atom stereocenters. The zero-order valence-corrected chi connectivity index (χ0v) is 23.0. The second kappa shape index (κ2) is 11.2. The molecule has 2 fully saturated rings. The molecule has 2 aliphatic heterocycles. The van der Waals surface area contributed by atoms with Gasteiger partial charge in [0.25, 0.3) is 0 Å². The Morgan fingerprint density at radius 3 is 2.49 bits per heavy atom. The Morgan fingerprint density at radius 1 is 0.923 bits per heavy atom. The van der Waals surface area contributed by atoms with E-state index in [0.29, 0.717) is 26.1 Å². The van der Waals surface area contributed by atoms with Crippen LogP contribution < -0.4 is 10.1 Å².